The molecule has 3 nitrogen and oxygen atoms in total. The molecule has 0 spiro atoms. The summed E-state index contributed by atoms with van der Waals surface area (Å²) in [6.07, 6.45) is 2.82. The Morgan fingerprint density at radius 2 is 2.18 bits per heavy atom. The zero-order valence-electron chi connectivity index (χ0n) is 7.62. The SMILES string of the molecule is C=NN(C)/C=N\CCC(C)C. The Balaban J connectivity index is 3.36. The van der Waals surface area contributed by atoms with Gasteiger partial charge in [-0.3, -0.25) is 10.0 Å². The molecule has 0 heterocycles. The van der Waals surface area contributed by atoms with Crippen molar-refractivity contribution in [1.29, 1.82) is 0 Å². The van der Waals surface area contributed by atoms with Crippen LogP contribution in [0, 0.1) is 5.92 Å². The summed E-state index contributed by atoms with van der Waals surface area (Å²) in [4.78, 5) is 4.15. The molecular formula is C8H17N3. The van der Waals surface area contributed by atoms with Crippen LogP contribution in [-0.2, 0) is 0 Å². The predicted molar refractivity (Wildman–Crippen MR) is 50.1 cm³/mol. The fourth-order valence-corrected chi connectivity index (χ4v) is 0.545. The molecule has 0 bridgehead atoms. The molecule has 0 aliphatic rings. The molecule has 0 amide bonds. The molecule has 0 saturated carbocycles. The highest BCUT2D eigenvalue weighted by Crippen LogP contribution is 1.97. The molecule has 0 aliphatic heterocycles. The Bertz CT molecular complexity index is 129. The second-order valence-corrected chi connectivity index (χ2v) is 2.92. The number of hydrogen-bond acceptors (Lipinski definition) is 2. The monoisotopic (exact) mass is 155 g/mol. The van der Waals surface area contributed by atoms with Gasteiger partial charge in [0.1, 0.15) is 6.34 Å². The van der Waals surface area contributed by atoms with Crippen LogP contribution in [0.2, 0.25) is 0 Å². The zero-order chi connectivity index (χ0) is 8.69. The molecule has 0 aliphatic carbocycles. The minimum absolute atomic E-state index is 0.717. The van der Waals surface area contributed by atoms with E-state index < -0.39 is 0 Å². The van der Waals surface area contributed by atoms with Gasteiger partial charge in [-0.15, -0.1) is 0 Å². The van der Waals surface area contributed by atoms with E-state index in [9.17, 15) is 0 Å². The van der Waals surface area contributed by atoms with Gasteiger partial charge < -0.3 is 0 Å². The molecule has 11 heavy (non-hydrogen) atoms. The quantitative estimate of drug-likeness (QED) is 0.337. The second kappa shape index (κ2) is 5.89. The normalized spacial score (nSPS) is 10.9. The van der Waals surface area contributed by atoms with E-state index in [1.807, 2.05) is 7.05 Å². The molecular weight excluding hydrogens is 138 g/mol. The maximum Gasteiger partial charge on any atom is 0.105 e. The number of hydrogen-bond donors (Lipinski definition) is 0. The van der Waals surface area contributed by atoms with Crippen molar-refractivity contribution in [2.24, 2.45) is 16.0 Å². The van der Waals surface area contributed by atoms with E-state index in [4.69, 9.17) is 0 Å². The molecule has 0 aromatic carbocycles. The van der Waals surface area contributed by atoms with E-state index >= 15 is 0 Å². The second-order valence-electron chi connectivity index (χ2n) is 2.92. The zero-order valence-corrected chi connectivity index (χ0v) is 7.62. The van der Waals surface area contributed by atoms with Gasteiger partial charge in [0.05, 0.1) is 0 Å². The highest BCUT2D eigenvalue weighted by molar-refractivity contribution is 5.54. The van der Waals surface area contributed by atoms with Crippen molar-refractivity contribution in [1.82, 2.24) is 5.01 Å². The number of nitrogens with zero attached hydrogens (tertiary/aromatic N) is 3. The van der Waals surface area contributed by atoms with Crippen molar-refractivity contribution in [3.63, 3.8) is 0 Å². The first-order valence-electron chi connectivity index (χ1n) is 3.86. The van der Waals surface area contributed by atoms with E-state index in [0.29, 0.717) is 5.92 Å². The molecule has 0 rings (SSSR count). The molecule has 0 fully saturated rings. The lowest BCUT2D eigenvalue weighted by Crippen LogP contribution is -2.07. The Morgan fingerprint density at radius 3 is 2.64 bits per heavy atom. The minimum atomic E-state index is 0.717. The molecule has 0 aromatic rings. The van der Waals surface area contributed by atoms with Crippen LogP contribution < -0.4 is 0 Å². The van der Waals surface area contributed by atoms with Crippen LogP contribution in [0.1, 0.15) is 20.3 Å². The van der Waals surface area contributed by atoms with Crippen LogP contribution in [0.5, 0.6) is 0 Å². The number of rotatable bonds is 5. The van der Waals surface area contributed by atoms with Gasteiger partial charge >= 0.3 is 0 Å². The van der Waals surface area contributed by atoms with Crippen LogP contribution in [0.25, 0.3) is 0 Å². The third-order valence-corrected chi connectivity index (χ3v) is 1.31. The summed E-state index contributed by atoms with van der Waals surface area (Å²) in [6.45, 7) is 8.60. The van der Waals surface area contributed by atoms with Crippen molar-refractivity contribution in [3.05, 3.63) is 0 Å². The first-order chi connectivity index (χ1) is 5.16. The van der Waals surface area contributed by atoms with Crippen LogP contribution in [-0.4, -0.2) is 31.7 Å². The van der Waals surface area contributed by atoms with Gasteiger partial charge in [0.15, 0.2) is 0 Å². The van der Waals surface area contributed by atoms with Gasteiger partial charge in [0.2, 0.25) is 0 Å². The van der Waals surface area contributed by atoms with E-state index in [2.05, 4.69) is 30.7 Å². The van der Waals surface area contributed by atoms with Gasteiger partial charge in [0, 0.05) is 20.3 Å². The maximum atomic E-state index is 4.15. The van der Waals surface area contributed by atoms with Crippen molar-refractivity contribution < 1.29 is 0 Å². The highest BCUT2D eigenvalue weighted by Gasteiger charge is 1.90. The molecule has 0 atom stereocenters. The summed E-state index contributed by atoms with van der Waals surface area (Å²) in [5.74, 6) is 0.717. The molecule has 64 valence electrons. The lowest BCUT2D eigenvalue weighted by Gasteiger charge is -2.03. The standard InChI is InChI=1S/C8H17N3/c1-8(2)5-6-10-7-11(4)9-3/h7-8H,3,5-6H2,1-2,4H3/b10-7-. The van der Waals surface area contributed by atoms with Crippen molar-refractivity contribution in [2.75, 3.05) is 13.6 Å². The van der Waals surface area contributed by atoms with E-state index in [1.165, 1.54) is 0 Å². The first kappa shape index (κ1) is 10.1. The van der Waals surface area contributed by atoms with Crippen LogP contribution >= 0.6 is 0 Å². The summed E-state index contributed by atoms with van der Waals surface area (Å²) in [6, 6.07) is 0. The Kier molecular flexibility index (Phi) is 5.43. The van der Waals surface area contributed by atoms with Crippen LogP contribution in [0.3, 0.4) is 0 Å². The van der Waals surface area contributed by atoms with E-state index in [-0.39, 0.29) is 0 Å². The molecule has 0 unspecified atom stereocenters. The van der Waals surface area contributed by atoms with Gasteiger partial charge in [-0.25, -0.2) is 0 Å². The largest absolute Gasteiger partial charge is 0.274 e. The average molecular weight is 155 g/mol. The molecule has 0 saturated heterocycles. The van der Waals surface area contributed by atoms with Gasteiger partial charge in [-0.1, -0.05) is 13.8 Å². The van der Waals surface area contributed by atoms with E-state index in [0.717, 1.165) is 13.0 Å². The Hall–Kier alpha value is -0.860. The highest BCUT2D eigenvalue weighted by atomic mass is 15.4. The van der Waals surface area contributed by atoms with Crippen LogP contribution in [0.15, 0.2) is 10.1 Å². The average Bonchev–Trinajstić information content (AvgIpc) is 1.97. The third kappa shape index (κ3) is 7.03. The molecule has 0 radical (unpaired) electrons. The first-order valence-corrected chi connectivity index (χ1v) is 3.86. The topological polar surface area (TPSA) is 28.0 Å². The lowest BCUT2D eigenvalue weighted by molar-refractivity contribution is 0.555. The van der Waals surface area contributed by atoms with Crippen molar-refractivity contribution in [2.45, 2.75) is 20.3 Å². The third-order valence-electron chi connectivity index (χ3n) is 1.31. The Morgan fingerprint density at radius 1 is 1.55 bits per heavy atom. The number of aliphatic imine (C=N–C) groups is 1. The summed E-state index contributed by atoms with van der Waals surface area (Å²) in [7, 11) is 1.81. The van der Waals surface area contributed by atoms with E-state index in [1.54, 1.807) is 11.3 Å². The predicted octanol–water partition coefficient (Wildman–Crippen LogP) is 1.61. The smallest absolute Gasteiger partial charge is 0.105 e. The summed E-state index contributed by atoms with van der Waals surface area (Å²) in [5.41, 5.74) is 0. The van der Waals surface area contributed by atoms with Crippen LogP contribution in [0.4, 0.5) is 0 Å². The molecule has 0 aromatic heterocycles. The number of hydrazone groups is 1. The van der Waals surface area contributed by atoms with Gasteiger partial charge in [-0.2, -0.15) is 5.10 Å². The van der Waals surface area contributed by atoms with Gasteiger partial charge in [0.25, 0.3) is 0 Å². The summed E-state index contributed by atoms with van der Waals surface area (Å²) in [5, 5.41) is 5.24. The molecule has 0 N–H and O–H groups in total. The van der Waals surface area contributed by atoms with Gasteiger partial charge in [-0.05, 0) is 12.3 Å². The summed E-state index contributed by atoms with van der Waals surface area (Å²) >= 11 is 0. The fraction of sp³-hybridized carbons (Fsp3) is 0.750. The lowest BCUT2D eigenvalue weighted by atomic mass is 10.1. The fourth-order valence-electron chi connectivity index (χ4n) is 0.545. The van der Waals surface area contributed by atoms with Crippen molar-refractivity contribution >= 4 is 13.1 Å². The molecule has 3 heteroatoms. The summed E-state index contributed by atoms with van der Waals surface area (Å²) < 4.78 is 0. The Labute approximate surface area is 68.8 Å². The van der Waals surface area contributed by atoms with Crippen molar-refractivity contribution in [3.8, 4) is 0 Å². The maximum absolute atomic E-state index is 4.15. The minimum Gasteiger partial charge on any atom is -0.274 e.